The van der Waals surface area contributed by atoms with Crippen molar-refractivity contribution in [3.63, 3.8) is 0 Å². The maximum absolute atomic E-state index is 13.6. The highest BCUT2D eigenvalue weighted by molar-refractivity contribution is 5.87. The van der Waals surface area contributed by atoms with Crippen LogP contribution in [0.1, 0.15) is 50.3 Å². The molecule has 6 heteroatoms. The average molecular weight is 425 g/mol. The fourth-order valence-corrected chi connectivity index (χ4v) is 4.23. The molecule has 1 aliphatic heterocycles. The molecule has 31 heavy (non-hydrogen) atoms. The average Bonchev–Trinajstić information content (AvgIpc) is 3.20. The number of carbonyl (C=O) groups excluding carboxylic acids is 2. The monoisotopic (exact) mass is 424 g/mol. The standard InChI is InChI=1S/C25H32N2O4/c1-3-11-21(20-14-9-6-10-15-20)26(4-2)24(29)23-22(28)16-17-27(23)25(30)31-18-19-12-7-5-8-13-19/h5-10,12-15,21-23,28H,3-4,11,16-18H2,1-2H3/t21?,22?,23-/m0/s1. The van der Waals surface area contributed by atoms with Crippen LogP contribution in [0.5, 0.6) is 0 Å². The third-order valence-corrected chi connectivity index (χ3v) is 5.81. The van der Waals surface area contributed by atoms with Gasteiger partial charge in [0.1, 0.15) is 12.6 Å². The molecule has 1 fully saturated rings. The summed E-state index contributed by atoms with van der Waals surface area (Å²) < 4.78 is 5.45. The first kappa shape index (κ1) is 22.8. The van der Waals surface area contributed by atoms with Crippen LogP contribution in [-0.4, -0.2) is 52.1 Å². The molecule has 6 nitrogen and oxygen atoms in total. The Morgan fingerprint density at radius 2 is 1.74 bits per heavy atom. The number of aliphatic hydroxyl groups excluding tert-OH is 1. The Kier molecular flexibility index (Phi) is 8.06. The highest BCUT2D eigenvalue weighted by Gasteiger charge is 2.44. The topological polar surface area (TPSA) is 70.1 Å². The lowest BCUT2D eigenvalue weighted by atomic mass is 9.99. The summed E-state index contributed by atoms with van der Waals surface area (Å²) in [5.41, 5.74) is 1.94. The fraction of sp³-hybridized carbons (Fsp3) is 0.440. The number of rotatable bonds is 8. The minimum Gasteiger partial charge on any atom is -0.445 e. The van der Waals surface area contributed by atoms with Crippen molar-refractivity contribution in [2.45, 2.75) is 57.9 Å². The maximum Gasteiger partial charge on any atom is 0.410 e. The Hall–Kier alpha value is -2.86. The van der Waals surface area contributed by atoms with Crippen molar-refractivity contribution in [1.82, 2.24) is 9.80 Å². The first-order chi connectivity index (χ1) is 15.1. The molecule has 166 valence electrons. The van der Waals surface area contributed by atoms with Gasteiger partial charge in [-0.2, -0.15) is 0 Å². The lowest BCUT2D eigenvalue weighted by Gasteiger charge is -2.36. The molecule has 2 amide bonds. The largest absolute Gasteiger partial charge is 0.445 e. The van der Waals surface area contributed by atoms with E-state index in [-0.39, 0.29) is 18.6 Å². The predicted octanol–water partition coefficient (Wildman–Crippen LogP) is 4.15. The zero-order valence-electron chi connectivity index (χ0n) is 18.3. The van der Waals surface area contributed by atoms with Gasteiger partial charge in [0.2, 0.25) is 5.91 Å². The van der Waals surface area contributed by atoms with E-state index in [0.717, 1.165) is 24.0 Å². The predicted molar refractivity (Wildman–Crippen MR) is 119 cm³/mol. The SMILES string of the molecule is CCCC(c1ccccc1)N(CC)C(=O)[C@@H]1C(O)CCN1C(=O)OCc1ccccc1. The van der Waals surface area contributed by atoms with E-state index in [0.29, 0.717) is 19.5 Å². The highest BCUT2D eigenvalue weighted by atomic mass is 16.6. The molecular weight excluding hydrogens is 392 g/mol. The van der Waals surface area contributed by atoms with Crippen molar-refractivity contribution in [3.8, 4) is 0 Å². The van der Waals surface area contributed by atoms with Crippen LogP contribution in [0.15, 0.2) is 60.7 Å². The van der Waals surface area contributed by atoms with E-state index in [1.165, 1.54) is 4.90 Å². The number of hydrogen-bond acceptors (Lipinski definition) is 4. The molecule has 2 unspecified atom stereocenters. The molecule has 1 aliphatic rings. The van der Waals surface area contributed by atoms with Crippen LogP contribution < -0.4 is 0 Å². The van der Waals surface area contributed by atoms with Crippen LogP contribution in [0.25, 0.3) is 0 Å². The van der Waals surface area contributed by atoms with Gasteiger partial charge in [-0.25, -0.2) is 4.79 Å². The van der Waals surface area contributed by atoms with E-state index in [2.05, 4.69) is 6.92 Å². The van der Waals surface area contributed by atoms with E-state index in [9.17, 15) is 14.7 Å². The van der Waals surface area contributed by atoms with E-state index in [1.807, 2.05) is 67.6 Å². The van der Waals surface area contributed by atoms with E-state index in [1.54, 1.807) is 4.90 Å². The number of ether oxygens (including phenoxy) is 1. The van der Waals surface area contributed by atoms with E-state index >= 15 is 0 Å². The molecule has 0 saturated carbocycles. The lowest BCUT2D eigenvalue weighted by molar-refractivity contribution is -0.140. The van der Waals surface area contributed by atoms with Gasteiger partial charge in [0, 0.05) is 13.1 Å². The lowest BCUT2D eigenvalue weighted by Crippen LogP contribution is -2.52. The van der Waals surface area contributed by atoms with Crippen LogP contribution in [0, 0.1) is 0 Å². The van der Waals surface area contributed by atoms with Crippen LogP contribution >= 0.6 is 0 Å². The van der Waals surface area contributed by atoms with Crippen molar-refractivity contribution in [3.05, 3.63) is 71.8 Å². The molecule has 0 bridgehead atoms. The Bertz CT molecular complexity index is 843. The summed E-state index contributed by atoms with van der Waals surface area (Å²) in [6, 6.07) is 18.3. The van der Waals surface area contributed by atoms with Gasteiger partial charge < -0.3 is 14.7 Å². The van der Waals surface area contributed by atoms with Gasteiger partial charge in [0.15, 0.2) is 0 Å². The van der Waals surface area contributed by atoms with Gasteiger partial charge in [0.05, 0.1) is 12.1 Å². The van der Waals surface area contributed by atoms with Crippen LogP contribution in [-0.2, 0) is 16.1 Å². The van der Waals surface area contributed by atoms with Crippen molar-refractivity contribution < 1.29 is 19.4 Å². The quantitative estimate of drug-likeness (QED) is 0.691. The highest BCUT2D eigenvalue weighted by Crippen LogP contribution is 2.29. The number of benzene rings is 2. The van der Waals surface area contributed by atoms with Crippen molar-refractivity contribution in [2.75, 3.05) is 13.1 Å². The maximum atomic E-state index is 13.6. The zero-order chi connectivity index (χ0) is 22.2. The number of likely N-dealkylation sites (tertiary alicyclic amines) is 1. The molecule has 1 heterocycles. The summed E-state index contributed by atoms with van der Waals surface area (Å²) >= 11 is 0. The van der Waals surface area contributed by atoms with E-state index in [4.69, 9.17) is 4.74 Å². The first-order valence-electron chi connectivity index (χ1n) is 11.1. The molecule has 3 rings (SSSR count). The molecular formula is C25H32N2O4. The van der Waals surface area contributed by atoms with Gasteiger partial charge in [-0.1, -0.05) is 74.0 Å². The van der Waals surface area contributed by atoms with Gasteiger partial charge in [0.25, 0.3) is 0 Å². The van der Waals surface area contributed by atoms with Gasteiger partial charge in [-0.05, 0) is 30.9 Å². The molecule has 2 aromatic carbocycles. The van der Waals surface area contributed by atoms with Crippen LogP contribution in [0.4, 0.5) is 4.79 Å². The molecule has 0 radical (unpaired) electrons. The number of likely N-dealkylation sites (N-methyl/N-ethyl adjacent to an activating group) is 1. The third kappa shape index (κ3) is 5.44. The number of amides is 2. The second-order valence-electron chi connectivity index (χ2n) is 7.87. The minimum atomic E-state index is -0.925. The summed E-state index contributed by atoms with van der Waals surface area (Å²) in [4.78, 5) is 29.5. The Morgan fingerprint density at radius 1 is 1.10 bits per heavy atom. The Balaban J connectivity index is 1.76. The van der Waals surface area contributed by atoms with Crippen molar-refractivity contribution in [1.29, 1.82) is 0 Å². The number of hydrogen-bond donors (Lipinski definition) is 1. The van der Waals surface area contributed by atoms with Crippen LogP contribution in [0.2, 0.25) is 0 Å². The fourth-order valence-electron chi connectivity index (χ4n) is 4.23. The zero-order valence-corrected chi connectivity index (χ0v) is 18.3. The number of nitrogens with zero attached hydrogens (tertiary/aromatic N) is 2. The Morgan fingerprint density at radius 3 is 2.35 bits per heavy atom. The molecule has 0 spiro atoms. The molecule has 2 aromatic rings. The van der Waals surface area contributed by atoms with E-state index < -0.39 is 18.2 Å². The molecule has 0 aliphatic carbocycles. The minimum absolute atomic E-state index is 0.0984. The number of carbonyl (C=O) groups is 2. The number of aliphatic hydroxyl groups is 1. The van der Waals surface area contributed by atoms with Crippen molar-refractivity contribution in [2.24, 2.45) is 0 Å². The Labute approximate surface area is 184 Å². The first-order valence-corrected chi connectivity index (χ1v) is 11.1. The molecule has 1 saturated heterocycles. The molecule has 0 aromatic heterocycles. The van der Waals surface area contributed by atoms with Crippen molar-refractivity contribution >= 4 is 12.0 Å². The second-order valence-corrected chi connectivity index (χ2v) is 7.87. The summed E-state index contributed by atoms with van der Waals surface area (Å²) in [6.07, 6.45) is 0.619. The van der Waals surface area contributed by atoms with Gasteiger partial charge >= 0.3 is 6.09 Å². The summed E-state index contributed by atoms with van der Waals surface area (Å²) in [6.45, 7) is 4.95. The van der Waals surface area contributed by atoms with Gasteiger partial charge in [-0.3, -0.25) is 9.69 Å². The van der Waals surface area contributed by atoms with Crippen LogP contribution in [0.3, 0.4) is 0 Å². The van der Waals surface area contributed by atoms with Gasteiger partial charge in [-0.15, -0.1) is 0 Å². The summed E-state index contributed by atoms with van der Waals surface area (Å²) in [5, 5.41) is 10.6. The smallest absolute Gasteiger partial charge is 0.410 e. The second kappa shape index (κ2) is 11.0. The normalized spacial score (nSPS) is 19.1. The summed E-state index contributed by atoms with van der Waals surface area (Å²) in [5.74, 6) is -0.230. The molecule has 1 N–H and O–H groups in total. The molecule has 3 atom stereocenters. The third-order valence-electron chi connectivity index (χ3n) is 5.81. The summed E-state index contributed by atoms with van der Waals surface area (Å²) in [7, 11) is 0.